The highest BCUT2D eigenvalue weighted by molar-refractivity contribution is 7.16. The van der Waals surface area contributed by atoms with Gasteiger partial charge in [0.05, 0.1) is 34.7 Å². The molecule has 1 amide bonds. The summed E-state index contributed by atoms with van der Waals surface area (Å²) in [5, 5.41) is 10.8. The maximum atomic E-state index is 12.8. The average Bonchev–Trinajstić information content (AvgIpc) is 3.40. The van der Waals surface area contributed by atoms with Crippen molar-refractivity contribution in [2.75, 3.05) is 42.9 Å². The number of carbonyl (C=O) groups is 1. The highest BCUT2D eigenvalue weighted by atomic mass is 32.1. The number of fused-ring (bicyclic) bond motifs is 1. The van der Waals surface area contributed by atoms with E-state index >= 15 is 0 Å². The van der Waals surface area contributed by atoms with E-state index in [-0.39, 0.29) is 5.91 Å². The number of aromatic nitrogens is 4. The van der Waals surface area contributed by atoms with Crippen LogP contribution >= 0.6 is 11.3 Å². The number of aryl methyl sites for hydroxylation is 1. The Morgan fingerprint density at radius 1 is 1.06 bits per heavy atom. The van der Waals surface area contributed by atoms with Crippen LogP contribution in [0.1, 0.15) is 11.4 Å². The Morgan fingerprint density at radius 2 is 1.84 bits per heavy atom. The summed E-state index contributed by atoms with van der Waals surface area (Å²) in [5.41, 5.74) is 3.51. The molecule has 32 heavy (non-hydrogen) atoms. The summed E-state index contributed by atoms with van der Waals surface area (Å²) >= 11 is 1.63. The molecule has 0 bridgehead atoms. The van der Waals surface area contributed by atoms with E-state index in [0.29, 0.717) is 6.54 Å². The largest absolute Gasteiger partial charge is 0.353 e. The number of thiophene rings is 1. The lowest BCUT2D eigenvalue weighted by molar-refractivity contribution is -0.117. The number of hydrogen-bond donors (Lipinski definition) is 1. The molecule has 5 rings (SSSR count). The first-order valence-electron chi connectivity index (χ1n) is 10.7. The smallest absolute Gasteiger partial charge is 0.238 e. The lowest BCUT2D eigenvalue weighted by atomic mass is 10.2. The zero-order valence-corrected chi connectivity index (χ0v) is 19.0. The predicted molar refractivity (Wildman–Crippen MR) is 128 cm³/mol. The van der Waals surface area contributed by atoms with E-state index in [4.69, 9.17) is 0 Å². The molecule has 0 unspecified atom stereocenters. The lowest BCUT2D eigenvalue weighted by Gasteiger charge is -2.35. The molecule has 1 N–H and O–H groups in total. The molecule has 0 aliphatic carbocycles. The Bertz CT molecular complexity index is 1240. The molecule has 0 spiro atoms. The number of benzene rings is 1. The number of hydrogen-bond acceptors (Lipinski definition) is 7. The van der Waals surface area contributed by atoms with Gasteiger partial charge in [0.25, 0.3) is 0 Å². The molecule has 1 aliphatic rings. The van der Waals surface area contributed by atoms with Gasteiger partial charge < -0.3 is 10.2 Å². The Balaban J connectivity index is 1.21. The molecule has 9 heteroatoms. The second-order valence-electron chi connectivity index (χ2n) is 7.94. The molecule has 4 aromatic rings. The Kier molecular flexibility index (Phi) is 5.59. The summed E-state index contributed by atoms with van der Waals surface area (Å²) in [4.78, 5) is 27.1. The van der Waals surface area contributed by atoms with Crippen LogP contribution in [0.15, 0.2) is 48.1 Å². The van der Waals surface area contributed by atoms with Crippen molar-refractivity contribution in [1.29, 1.82) is 0 Å². The second kappa shape index (κ2) is 8.68. The number of nitrogens with one attached hydrogen (secondary N) is 1. The normalized spacial score (nSPS) is 14.8. The maximum absolute atomic E-state index is 12.8. The van der Waals surface area contributed by atoms with Crippen molar-refractivity contribution >= 4 is 39.0 Å². The molecule has 1 saturated heterocycles. The standard InChI is InChI=1S/C23H25N7OS/c1-16-21(17(2)30(27-16)18-6-4-3-5-7-18)26-20(31)14-28-9-11-29(12-10-28)22-19-8-13-32-23(19)25-15-24-22/h3-8,13,15H,9-12,14H2,1-2H3,(H,26,31). The predicted octanol–water partition coefficient (Wildman–Crippen LogP) is 3.25. The zero-order chi connectivity index (χ0) is 22.1. The molecular weight excluding hydrogens is 422 g/mol. The van der Waals surface area contributed by atoms with Crippen LogP contribution < -0.4 is 10.2 Å². The van der Waals surface area contributed by atoms with E-state index in [0.717, 1.165) is 65.0 Å². The molecule has 1 aromatic carbocycles. The highest BCUT2D eigenvalue weighted by Crippen LogP contribution is 2.27. The molecule has 4 heterocycles. The minimum absolute atomic E-state index is 0.0143. The van der Waals surface area contributed by atoms with Crippen molar-refractivity contribution in [2.24, 2.45) is 0 Å². The Morgan fingerprint density at radius 3 is 2.62 bits per heavy atom. The first-order valence-corrected chi connectivity index (χ1v) is 11.5. The number of rotatable bonds is 5. The van der Waals surface area contributed by atoms with Crippen molar-refractivity contribution in [1.82, 2.24) is 24.6 Å². The van der Waals surface area contributed by atoms with Crippen LogP contribution in [0.4, 0.5) is 11.5 Å². The van der Waals surface area contributed by atoms with Crippen molar-refractivity contribution < 1.29 is 4.79 Å². The van der Waals surface area contributed by atoms with E-state index < -0.39 is 0 Å². The van der Waals surface area contributed by atoms with Gasteiger partial charge in [0.1, 0.15) is 17.0 Å². The number of para-hydroxylation sites is 1. The molecule has 8 nitrogen and oxygen atoms in total. The van der Waals surface area contributed by atoms with Gasteiger partial charge in [0, 0.05) is 26.2 Å². The van der Waals surface area contributed by atoms with Gasteiger partial charge in [-0.2, -0.15) is 5.10 Å². The molecule has 0 saturated carbocycles. The molecule has 0 atom stereocenters. The van der Waals surface area contributed by atoms with Crippen molar-refractivity contribution in [2.45, 2.75) is 13.8 Å². The average molecular weight is 448 g/mol. The van der Waals surface area contributed by atoms with E-state index in [9.17, 15) is 4.79 Å². The fraction of sp³-hybridized carbons (Fsp3) is 0.304. The fourth-order valence-corrected chi connectivity index (χ4v) is 4.90. The Hall–Kier alpha value is -3.30. The van der Waals surface area contributed by atoms with E-state index in [1.807, 2.05) is 54.2 Å². The maximum Gasteiger partial charge on any atom is 0.238 e. The van der Waals surface area contributed by atoms with Gasteiger partial charge in [0.2, 0.25) is 5.91 Å². The number of carbonyl (C=O) groups excluding carboxylic acids is 1. The van der Waals surface area contributed by atoms with Crippen LogP contribution in [0.3, 0.4) is 0 Å². The van der Waals surface area contributed by atoms with Crippen LogP contribution in [0, 0.1) is 13.8 Å². The summed E-state index contributed by atoms with van der Waals surface area (Å²) in [6.45, 7) is 7.55. The Labute approximate surface area is 190 Å². The van der Waals surface area contributed by atoms with Crippen LogP contribution in [-0.4, -0.2) is 63.3 Å². The van der Waals surface area contributed by atoms with Gasteiger partial charge in [-0.25, -0.2) is 14.6 Å². The molecule has 164 valence electrons. The second-order valence-corrected chi connectivity index (χ2v) is 8.84. The van der Waals surface area contributed by atoms with Gasteiger partial charge in [-0.3, -0.25) is 9.69 Å². The number of nitrogens with zero attached hydrogens (tertiary/aromatic N) is 6. The first-order chi connectivity index (χ1) is 15.6. The summed E-state index contributed by atoms with van der Waals surface area (Å²) in [6, 6.07) is 12.0. The van der Waals surface area contributed by atoms with Crippen LogP contribution in [-0.2, 0) is 4.79 Å². The fourth-order valence-electron chi connectivity index (χ4n) is 4.17. The van der Waals surface area contributed by atoms with Gasteiger partial charge in [-0.15, -0.1) is 11.3 Å². The van der Waals surface area contributed by atoms with Crippen molar-refractivity contribution in [3.05, 3.63) is 59.5 Å². The van der Waals surface area contributed by atoms with E-state index in [2.05, 4.69) is 36.2 Å². The van der Waals surface area contributed by atoms with Gasteiger partial charge in [-0.05, 0) is 37.4 Å². The third-order valence-corrected chi connectivity index (χ3v) is 6.66. The van der Waals surface area contributed by atoms with Crippen LogP contribution in [0.5, 0.6) is 0 Å². The quantitative estimate of drug-likeness (QED) is 0.506. The molecule has 3 aromatic heterocycles. The third kappa shape index (κ3) is 3.96. The SMILES string of the molecule is Cc1nn(-c2ccccc2)c(C)c1NC(=O)CN1CCN(c2ncnc3sccc23)CC1. The highest BCUT2D eigenvalue weighted by Gasteiger charge is 2.23. The zero-order valence-electron chi connectivity index (χ0n) is 18.2. The summed E-state index contributed by atoms with van der Waals surface area (Å²) in [7, 11) is 0. The molecule has 1 aliphatic heterocycles. The van der Waals surface area contributed by atoms with E-state index in [1.165, 1.54) is 0 Å². The van der Waals surface area contributed by atoms with Gasteiger partial charge in [0.15, 0.2) is 0 Å². The van der Waals surface area contributed by atoms with E-state index in [1.54, 1.807) is 17.7 Å². The summed E-state index contributed by atoms with van der Waals surface area (Å²) in [5.74, 6) is 0.972. The monoisotopic (exact) mass is 447 g/mol. The number of piperazine rings is 1. The molecule has 1 fully saturated rings. The van der Waals surface area contributed by atoms with Gasteiger partial charge >= 0.3 is 0 Å². The molecular formula is C23H25N7OS. The van der Waals surface area contributed by atoms with Crippen LogP contribution in [0.25, 0.3) is 15.9 Å². The minimum Gasteiger partial charge on any atom is -0.353 e. The first kappa shape index (κ1) is 20.6. The van der Waals surface area contributed by atoms with Crippen molar-refractivity contribution in [3.8, 4) is 5.69 Å². The number of anilines is 2. The summed E-state index contributed by atoms with van der Waals surface area (Å²) < 4.78 is 1.87. The van der Waals surface area contributed by atoms with Crippen LogP contribution in [0.2, 0.25) is 0 Å². The topological polar surface area (TPSA) is 79.2 Å². The number of amides is 1. The lowest BCUT2D eigenvalue weighted by Crippen LogP contribution is -2.49. The van der Waals surface area contributed by atoms with Gasteiger partial charge in [-0.1, -0.05) is 18.2 Å². The molecule has 0 radical (unpaired) electrons. The minimum atomic E-state index is -0.0143. The van der Waals surface area contributed by atoms with Crippen molar-refractivity contribution in [3.63, 3.8) is 0 Å². The summed E-state index contributed by atoms with van der Waals surface area (Å²) in [6.07, 6.45) is 1.63. The third-order valence-electron chi connectivity index (χ3n) is 5.84.